The normalized spacial score (nSPS) is 10.4. The van der Waals surface area contributed by atoms with Gasteiger partial charge in [0.15, 0.2) is 11.6 Å². The van der Waals surface area contributed by atoms with Crippen molar-refractivity contribution in [3.05, 3.63) is 29.6 Å². The number of ether oxygens (including phenoxy) is 2. The Balaban J connectivity index is 0.00000113. The molecule has 0 bridgehead atoms. The van der Waals surface area contributed by atoms with E-state index in [-0.39, 0.29) is 5.82 Å². The summed E-state index contributed by atoms with van der Waals surface area (Å²) in [6.45, 7) is 6.07. The first kappa shape index (κ1) is 26.8. The van der Waals surface area contributed by atoms with Crippen molar-refractivity contribution in [3.8, 4) is 5.75 Å². The first-order chi connectivity index (χ1) is 13.8. The molecular weight excluding hydrogens is 381 g/mol. The number of methoxy groups -OCH3 is 1. The molecule has 0 amide bonds. The van der Waals surface area contributed by atoms with Crippen LogP contribution in [0.25, 0.3) is 0 Å². The zero-order valence-corrected chi connectivity index (χ0v) is 17.7. The summed E-state index contributed by atoms with van der Waals surface area (Å²) in [5.41, 5.74) is 1.09. The zero-order chi connectivity index (χ0) is 22.1. The molecular formula is C21H34FNO6. The van der Waals surface area contributed by atoms with Crippen molar-refractivity contribution in [3.63, 3.8) is 0 Å². The van der Waals surface area contributed by atoms with E-state index < -0.39 is 11.9 Å². The predicted molar refractivity (Wildman–Crippen MR) is 109 cm³/mol. The van der Waals surface area contributed by atoms with E-state index in [4.69, 9.17) is 29.3 Å². The van der Waals surface area contributed by atoms with Crippen molar-refractivity contribution in [1.82, 2.24) is 4.90 Å². The van der Waals surface area contributed by atoms with Crippen LogP contribution in [-0.2, 0) is 20.7 Å². The second-order valence-electron chi connectivity index (χ2n) is 6.66. The number of aryl methyl sites for hydroxylation is 1. The summed E-state index contributed by atoms with van der Waals surface area (Å²) in [5, 5.41) is 14.8. The average molecular weight is 416 g/mol. The fourth-order valence-corrected chi connectivity index (χ4v) is 2.52. The maximum Gasteiger partial charge on any atom is 0.414 e. The van der Waals surface area contributed by atoms with Crippen molar-refractivity contribution in [2.24, 2.45) is 0 Å². The highest BCUT2D eigenvalue weighted by Crippen LogP contribution is 2.19. The molecule has 0 aliphatic carbocycles. The smallest absolute Gasteiger partial charge is 0.414 e. The summed E-state index contributed by atoms with van der Waals surface area (Å²) in [4.78, 5) is 20.6. The molecule has 0 unspecified atom stereocenters. The van der Waals surface area contributed by atoms with E-state index in [1.54, 1.807) is 6.07 Å². The fourth-order valence-electron chi connectivity index (χ4n) is 2.52. The van der Waals surface area contributed by atoms with Crippen molar-refractivity contribution < 1.29 is 33.7 Å². The summed E-state index contributed by atoms with van der Waals surface area (Å²) < 4.78 is 24.0. The summed E-state index contributed by atoms with van der Waals surface area (Å²) in [6.07, 6.45) is 6.78. The molecule has 2 N–H and O–H groups in total. The molecule has 0 atom stereocenters. The van der Waals surface area contributed by atoms with Crippen LogP contribution in [0.2, 0.25) is 0 Å². The van der Waals surface area contributed by atoms with E-state index in [1.165, 1.54) is 39.0 Å². The summed E-state index contributed by atoms with van der Waals surface area (Å²) >= 11 is 0. The van der Waals surface area contributed by atoms with Crippen LogP contribution in [0.4, 0.5) is 4.39 Å². The van der Waals surface area contributed by atoms with Crippen LogP contribution in [0.5, 0.6) is 5.75 Å². The first-order valence-electron chi connectivity index (χ1n) is 9.86. The molecule has 7 nitrogen and oxygen atoms in total. The lowest BCUT2D eigenvalue weighted by atomic mass is 10.1. The Hall–Kier alpha value is -2.19. The summed E-state index contributed by atoms with van der Waals surface area (Å²) in [5.74, 6) is -3.64. The van der Waals surface area contributed by atoms with Crippen molar-refractivity contribution in [1.29, 1.82) is 0 Å². The Morgan fingerprint density at radius 3 is 2.24 bits per heavy atom. The molecule has 0 aliphatic rings. The fraction of sp³-hybridized carbons (Fsp3) is 0.619. The van der Waals surface area contributed by atoms with Gasteiger partial charge >= 0.3 is 11.9 Å². The molecule has 0 aromatic heterocycles. The third-order valence-electron chi connectivity index (χ3n) is 4.12. The number of unbranched alkanes of at least 4 members (excludes halogenated alkanes) is 2. The van der Waals surface area contributed by atoms with Crippen molar-refractivity contribution >= 4 is 11.9 Å². The minimum atomic E-state index is -1.82. The zero-order valence-electron chi connectivity index (χ0n) is 17.7. The van der Waals surface area contributed by atoms with E-state index in [1.807, 2.05) is 6.07 Å². The van der Waals surface area contributed by atoms with Crippen LogP contribution < -0.4 is 4.74 Å². The number of carboxylic acids is 2. The number of aliphatic carboxylic acids is 2. The third kappa shape index (κ3) is 14.5. The molecule has 0 spiro atoms. The minimum Gasteiger partial charge on any atom is -0.494 e. The molecule has 166 valence electrons. The molecule has 0 fully saturated rings. The van der Waals surface area contributed by atoms with E-state index >= 15 is 0 Å². The lowest BCUT2D eigenvalue weighted by Crippen LogP contribution is -2.22. The highest BCUT2D eigenvalue weighted by atomic mass is 19.1. The van der Waals surface area contributed by atoms with Gasteiger partial charge in [-0.25, -0.2) is 14.0 Å². The van der Waals surface area contributed by atoms with Crippen LogP contribution in [-0.4, -0.2) is 67.5 Å². The van der Waals surface area contributed by atoms with Gasteiger partial charge in [-0.05, 0) is 57.0 Å². The predicted octanol–water partition coefficient (Wildman–Crippen LogP) is 3.45. The third-order valence-corrected chi connectivity index (χ3v) is 4.12. The van der Waals surface area contributed by atoms with Crippen LogP contribution in [0.1, 0.15) is 44.6 Å². The van der Waals surface area contributed by atoms with Gasteiger partial charge in [0.2, 0.25) is 0 Å². The van der Waals surface area contributed by atoms with Gasteiger partial charge in [0.25, 0.3) is 0 Å². The van der Waals surface area contributed by atoms with Gasteiger partial charge in [-0.2, -0.15) is 0 Å². The number of carbonyl (C=O) groups is 2. The average Bonchev–Trinajstić information content (AvgIpc) is 2.69. The Labute approximate surface area is 172 Å². The van der Waals surface area contributed by atoms with Crippen LogP contribution in [0.3, 0.4) is 0 Å². The van der Waals surface area contributed by atoms with Gasteiger partial charge < -0.3 is 24.6 Å². The van der Waals surface area contributed by atoms with Crippen molar-refractivity contribution in [2.75, 3.05) is 40.5 Å². The molecule has 1 aromatic rings. The van der Waals surface area contributed by atoms with E-state index in [0.717, 1.165) is 44.6 Å². The van der Waals surface area contributed by atoms with Gasteiger partial charge in [0.05, 0.1) is 7.11 Å². The van der Waals surface area contributed by atoms with E-state index in [9.17, 15) is 4.39 Å². The van der Waals surface area contributed by atoms with Crippen molar-refractivity contribution in [2.45, 2.75) is 45.4 Å². The maximum atomic E-state index is 13.3. The number of hydrogen-bond acceptors (Lipinski definition) is 5. The van der Waals surface area contributed by atoms with Crippen LogP contribution >= 0.6 is 0 Å². The molecule has 0 heterocycles. The molecule has 0 aliphatic heterocycles. The summed E-state index contributed by atoms with van der Waals surface area (Å²) in [6, 6.07) is 5.03. The van der Waals surface area contributed by atoms with Gasteiger partial charge in [-0.3, -0.25) is 0 Å². The van der Waals surface area contributed by atoms with Gasteiger partial charge in [-0.1, -0.05) is 25.8 Å². The Bertz CT molecular complexity index is 585. The number of halogens is 1. The number of carboxylic acid groups (broad SMARTS) is 2. The molecule has 29 heavy (non-hydrogen) atoms. The van der Waals surface area contributed by atoms with E-state index in [0.29, 0.717) is 5.75 Å². The summed E-state index contributed by atoms with van der Waals surface area (Å²) in [7, 11) is 3.67. The molecule has 0 radical (unpaired) electrons. The SMILES string of the molecule is CCCCCN(C)CCCOCCCc1ccc(F)c(OC)c1.O=C(O)C(=O)O. The van der Waals surface area contributed by atoms with Crippen LogP contribution in [0.15, 0.2) is 18.2 Å². The van der Waals surface area contributed by atoms with Gasteiger partial charge in [-0.15, -0.1) is 0 Å². The monoisotopic (exact) mass is 415 g/mol. The highest BCUT2D eigenvalue weighted by Gasteiger charge is 2.04. The second kappa shape index (κ2) is 16.7. The number of nitrogens with zero attached hydrogens (tertiary/aromatic N) is 1. The molecule has 0 saturated heterocycles. The highest BCUT2D eigenvalue weighted by molar-refractivity contribution is 6.27. The Kier molecular flexibility index (Phi) is 15.5. The molecule has 1 rings (SSSR count). The van der Waals surface area contributed by atoms with Crippen LogP contribution in [0, 0.1) is 5.82 Å². The molecule has 0 saturated carbocycles. The van der Waals surface area contributed by atoms with E-state index in [2.05, 4.69) is 18.9 Å². The number of benzene rings is 1. The first-order valence-corrected chi connectivity index (χ1v) is 9.86. The standard InChI is InChI=1S/C19H32FNO2.C2H2O4/c1-4-5-6-12-21(2)13-8-15-23-14-7-9-17-10-11-18(20)19(16-17)22-3;3-1(4)2(5)6/h10-11,16H,4-9,12-15H2,1-3H3;(H,3,4)(H,5,6). The Morgan fingerprint density at radius 1 is 1.03 bits per heavy atom. The number of hydrogen-bond donors (Lipinski definition) is 2. The molecule has 1 aromatic carbocycles. The Morgan fingerprint density at radius 2 is 1.66 bits per heavy atom. The molecule has 8 heteroatoms. The number of rotatable bonds is 13. The largest absolute Gasteiger partial charge is 0.494 e. The lowest BCUT2D eigenvalue weighted by Gasteiger charge is -2.16. The second-order valence-corrected chi connectivity index (χ2v) is 6.66. The minimum absolute atomic E-state index is 0.310. The quantitative estimate of drug-likeness (QED) is 0.376. The lowest BCUT2D eigenvalue weighted by molar-refractivity contribution is -0.159. The van der Waals surface area contributed by atoms with Gasteiger partial charge in [0, 0.05) is 19.8 Å². The topological polar surface area (TPSA) is 96.3 Å². The maximum absolute atomic E-state index is 13.3. The van der Waals surface area contributed by atoms with Gasteiger partial charge in [0.1, 0.15) is 0 Å².